The summed E-state index contributed by atoms with van der Waals surface area (Å²) in [6.07, 6.45) is 3.35. The summed E-state index contributed by atoms with van der Waals surface area (Å²) >= 11 is 6.26. The van der Waals surface area contributed by atoms with Crippen LogP contribution in [0.25, 0.3) is 0 Å². The molecule has 1 saturated heterocycles. The number of anilines is 2. The van der Waals surface area contributed by atoms with Gasteiger partial charge in [0.2, 0.25) is 5.91 Å². The zero-order valence-corrected chi connectivity index (χ0v) is 12.3. The van der Waals surface area contributed by atoms with E-state index >= 15 is 0 Å². The quantitative estimate of drug-likeness (QED) is 0.887. The summed E-state index contributed by atoms with van der Waals surface area (Å²) in [5, 5.41) is 15.9. The van der Waals surface area contributed by atoms with Crippen LogP contribution < -0.4 is 10.6 Å². The second kappa shape index (κ2) is 5.78. The van der Waals surface area contributed by atoms with Gasteiger partial charge in [-0.1, -0.05) is 11.6 Å². The Labute approximate surface area is 128 Å². The van der Waals surface area contributed by atoms with E-state index in [1.807, 2.05) is 6.07 Å². The molecule has 0 unspecified atom stereocenters. The molecule has 2 aliphatic heterocycles. The van der Waals surface area contributed by atoms with E-state index in [4.69, 9.17) is 16.9 Å². The van der Waals surface area contributed by atoms with Crippen LogP contribution in [-0.2, 0) is 11.2 Å². The average Bonchev–Trinajstić information content (AvgIpc) is 3.11. The van der Waals surface area contributed by atoms with E-state index in [0.29, 0.717) is 18.1 Å². The van der Waals surface area contributed by atoms with Crippen LogP contribution in [0.1, 0.15) is 18.4 Å². The van der Waals surface area contributed by atoms with Crippen molar-refractivity contribution in [3.05, 3.63) is 16.8 Å². The first-order valence-corrected chi connectivity index (χ1v) is 7.39. The first-order chi connectivity index (χ1) is 10.2. The smallest absolute Gasteiger partial charge is 0.236 e. The van der Waals surface area contributed by atoms with Gasteiger partial charge in [-0.25, -0.2) is 4.98 Å². The molecular formula is C14H16ClN5O. The second-order valence-corrected chi connectivity index (χ2v) is 5.70. The van der Waals surface area contributed by atoms with Gasteiger partial charge >= 0.3 is 0 Å². The fraction of sp³-hybridized carbons (Fsp3) is 0.500. The number of amides is 1. The molecule has 1 fully saturated rings. The van der Waals surface area contributed by atoms with Gasteiger partial charge in [-0.3, -0.25) is 4.79 Å². The first kappa shape index (κ1) is 14.0. The van der Waals surface area contributed by atoms with Gasteiger partial charge in [-0.15, -0.1) is 0 Å². The van der Waals surface area contributed by atoms with Gasteiger partial charge < -0.3 is 15.5 Å². The molecular weight excluding hydrogens is 290 g/mol. The Kier molecular flexibility index (Phi) is 3.84. The number of aromatic nitrogens is 1. The lowest BCUT2D eigenvalue weighted by atomic mass is 10.1. The zero-order valence-electron chi connectivity index (χ0n) is 11.5. The van der Waals surface area contributed by atoms with Crippen molar-refractivity contribution in [2.75, 3.05) is 30.3 Å². The van der Waals surface area contributed by atoms with Crippen LogP contribution in [0.5, 0.6) is 0 Å². The van der Waals surface area contributed by atoms with Gasteiger partial charge in [0.15, 0.2) is 0 Å². The highest BCUT2D eigenvalue weighted by Gasteiger charge is 2.28. The van der Waals surface area contributed by atoms with E-state index in [2.05, 4.69) is 15.6 Å². The number of pyridine rings is 1. The Morgan fingerprint density at radius 2 is 2.52 bits per heavy atom. The molecule has 1 aromatic heterocycles. The van der Waals surface area contributed by atoms with Crippen molar-refractivity contribution in [3.8, 4) is 6.07 Å². The number of carbonyl (C=O) groups excluding carboxylic acids is 1. The molecule has 1 aromatic rings. The third-order valence-electron chi connectivity index (χ3n) is 3.92. The maximum absolute atomic E-state index is 11.7. The molecule has 0 bridgehead atoms. The SMILES string of the molecule is N#CCC(=O)N1CC[C@H](Nc2c(Cl)cnc3c2CCN3)C1. The number of likely N-dealkylation sites (tertiary alicyclic amines) is 1. The van der Waals surface area contributed by atoms with Crippen molar-refractivity contribution in [1.82, 2.24) is 9.88 Å². The topological polar surface area (TPSA) is 81.1 Å². The molecule has 1 amide bonds. The molecule has 110 valence electrons. The summed E-state index contributed by atoms with van der Waals surface area (Å²) < 4.78 is 0. The largest absolute Gasteiger partial charge is 0.379 e. The molecule has 7 heteroatoms. The fourth-order valence-electron chi connectivity index (χ4n) is 2.87. The maximum atomic E-state index is 11.7. The number of hydrogen-bond donors (Lipinski definition) is 2. The van der Waals surface area contributed by atoms with Crippen molar-refractivity contribution in [2.24, 2.45) is 0 Å². The van der Waals surface area contributed by atoms with Crippen LogP contribution in [-0.4, -0.2) is 41.5 Å². The molecule has 21 heavy (non-hydrogen) atoms. The number of nitrogens with zero attached hydrogens (tertiary/aromatic N) is 3. The maximum Gasteiger partial charge on any atom is 0.236 e. The Morgan fingerprint density at radius 3 is 3.33 bits per heavy atom. The molecule has 0 aliphatic carbocycles. The Balaban J connectivity index is 1.70. The van der Waals surface area contributed by atoms with E-state index in [-0.39, 0.29) is 18.4 Å². The monoisotopic (exact) mass is 305 g/mol. The van der Waals surface area contributed by atoms with Crippen molar-refractivity contribution < 1.29 is 4.79 Å². The van der Waals surface area contributed by atoms with Gasteiger partial charge in [-0.2, -0.15) is 5.26 Å². The molecule has 1 atom stereocenters. The Bertz CT molecular complexity index is 612. The van der Waals surface area contributed by atoms with Crippen LogP contribution in [0.3, 0.4) is 0 Å². The molecule has 3 heterocycles. The molecule has 0 saturated carbocycles. The number of rotatable bonds is 3. The van der Waals surface area contributed by atoms with Crippen molar-refractivity contribution in [1.29, 1.82) is 5.26 Å². The number of halogens is 1. The summed E-state index contributed by atoms with van der Waals surface area (Å²) in [6, 6.07) is 2.07. The van der Waals surface area contributed by atoms with E-state index in [0.717, 1.165) is 36.5 Å². The molecule has 3 rings (SSSR count). The standard InChI is InChI=1S/C14H16ClN5O/c15-11-7-18-14-10(2-5-17-14)13(11)19-9-3-6-20(8-9)12(21)1-4-16/h7,9H,1-3,5-6,8H2,(H2,17,18,19)/t9-/m0/s1. The van der Waals surface area contributed by atoms with Gasteiger partial charge in [0.1, 0.15) is 12.2 Å². The number of carbonyl (C=O) groups is 1. The van der Waals surface area contributed by atoms with Gasteiger partial charge in [0, 0.05) is 31.2 Å². The highest BCUT2D eigenvalue weighted by Crippen LogP contribution is 2.34. The molecule has 6 nitrogen and oxygen atoms in total. The third-order valence-corrected chi connectivity index (χ3v) is 4.21. The van der Waals surface area contributed by atoms with Crippen LogP contribution in [0.15, 0.2) is 6.20 Å². The van der Waals surface area contributed by atoms with Crippen molar-refractivity contribution >= 4 is 29.0 Å². The van der Waals surface area contributed by atoms with Crippen molar-refractivity contribution in [3.63, 3.8) is 0 Å². The zero-order chi connectivity index (χ0) is 14.8. The average molecular weight is 306 g/mol. The van der Waals surface area contributed by atoms with Gasteiger partial charge in [0.25, 0.3) is 0 Å². The van der Waals surface area contributed by atoms with Crippen molar-refractivity contribution in [2.45, 2.75) is 25.3 Å². The van der Waals surface area contributed by atoms with Crippen LogP contribution in [0, 0.1) is 11.3 Å². The summed E-state index contributed by atoms with van der Waals surface area (Å²) in [5.41, 5.74) is 2.04. The molecule has 2 N–H and O–H groups in total. The highest BCUT2D eigenvalue weighted by atomic mass is 35.5. The van der Waals surface area contributed by atoms with Crippen LogP contribution >= 0.6 is 11.6 Å². The van der Waals surface area contributed by atoms with E-state index < -0.39 is 0 Å². The van der Waals surface area contributed by atoms with Crippen LogP contribution in [0.2, 0.25) is 5.02 Å². The summed E-state index contributed by atoms with van der Waals surface area (Å²) in [4.78, 5) is 17.7. The number of hydrogen-bond acceptors (Lipinski definition) is 5. The minimum absolute atomic E-state index is 0.0535. The predicted molar refractivity (Wildman–Crippen MR) is 80.3 cm³/mol. The van der Waals surface area contributed by atoms with E-state index in [1.54, 1.807) is 11.1 Å². The fourth-order valence-corrected chi connectivity index (χ4v) is 3.09. The molecule has 0 radical (unpaired) electrons. The minimum Gasteiger partial charge on any atom is -0.379 e. The summed E-state index contributed by atoms with van der Waals surface area (Å²) in [7, 11) is 0. The predicted octanol–water partition coefficient (Wildman–Crippen LogP) is 1.63. The number of fused-ring (bicyclic) bond motifs is 1. The molecule has 2 aliphatic rings. The molecule has 0 aromatic carbocycles. The van der Waals surface area contributed by atoms with Crippen LogP contribution in [0.4, 0.5) is 11.5 Å². The normalized spacial score (nSPS) is 19.8. The second-order valence-electron chi connectivity index (χ2n) is 5.29. The van der Waals surface area contributed by atoms with E-state index in [9.17, 15) is 4.79 Å². The third kappa shape index (κ3) is 2.74. The van der Waals surface area contributed by atoms with Gasteiger partial charge in [0.05, 0.1) is 23.0 Å². The molecule has 0 spiro atoms. The Morgan fingerprint density at radius 1 is 1.67 bits per heavy atom. The summed E-state index contributed by atoms with van der Waals surface area (Å²) in [5.74, 6) is 0.784. The lowest BCUT2D eigenvalue weighted by molar-refractivity contribution is -0.129. The summed E-state index contributed by atoms with van der Waals surface area (Å²) in [6.45, 7) is 2.16. The lowest BCUT2D eigenvalue weighted by Crippen LogP contribution is -2.31. The highest BCUT2D eigenvalue weighted by molar-refractivity contribution is 6.33. The number of nitriles is 1. The Hall–Kier alpha value is -2.00. The number of nitrogens with one attached hydrogen (secondary N) is 2. The van der Waals surface area contributed by atoms with Gasteiger partial charge in [-0.05, 0) is 12.8 Å². The van der Waals surface area contributed by atoms with E-state index in [1.165, 1.54) is 0 Å². The first-order valence-electron chi connectivity index (χ1n) is 7.01. The lowest BCUT2D eigenvalue weighted by Gasteiger charge is -2.19. The minimum atomic E-state index is -0.102.